The summed E-state index contributed by atoms with van der Waals surface area (Å²) in [6, 6.07) is 9.76. The van der Waals surface area contributed by atoms with Crippen LogP contribution in [-0.2, 0) is 4.74 Å². The van der Waals surface area contributed by atoms with Crippen LogP contribution in [0.5, 0.6) is 0 Å². The van der Waals surface area contributed by atoms with Crippen LogP contribution >= 0.6 is 27.5 Å². The summed E-state index contributed by atoms with van der Waals surface area (Å²) in [7, 11) is 0. The van der Waals surface area contributed by atoms with E-state index < -0.39 is 12.1 Å². The molecule has 1 aromatic heterocycles. The number of halogens is 2. The number of hydrogen-bond acceptors (Lipinski definition) is 4. The predicted molar refractivity (Wildman–Crippen MR) is 82.6 cm³/mol. The van der Waals surface area contributed by atoms with Gasteiger partial charge in [0.05, 0.1) is 0 Å². The smallest absolute Gasteiger partial charge is 0.357 e. The first-order valence-electron chi connectivity index (χ1n) is 6.09. The molecule has 6 heteroatoms. The van der Waals surface area contributed by atoms with Crippen molar-refractivity contribution in [2.24, 2.45) is 0 Å². The lowest BCUT2D eigenvalue weighted by Crippen LogP contribution is -2.24. The number of hydrogen-bond donors (Lipinski definition) is 0. The monoisotopic (exact) mass is 367 g/mol. The van der Waals surface area contributed by atoms with Crippen LogP contribution in [0.4, 0.5) is 0 Å². The average Bonchev–Trinajstić information content (AvgIpc) is 2.47. The maximum absolute atomic E-state index is 12.2. The van der Waals surface area contributed by atoms with E-state index in [1.54, 1.807) is 30.3 Å². The molecule has 21 heavy (non-hydrogen) atoms. The zero-order valence-corrected chi connectivity index (χ0v) is 13.4. The zero-order chi connectivity index (χ0) is 15.4. The van der Waals surface area contributed by atoms with Crippen molar-refractivity contribution in [2.75, 3.05) is 0 Å². The van der Waals surface area contributed by atoms with Crippen molar-refractivity contribution in [1.82, 2.24) is 4.98 Å². The van der Waals surface area contributed by atoms with Crippen molar-refractivity contribution in [1.29, 1.82) is 0 Å². The highest BCUT2D eigenvalue weighted by molar-refractivity contribution is 9.10. The summed E-state index contributed by atoms with van der Waals surface area (Å²) in [5, 5.41) is 0.379. The number of Topliss-reactive ketones (excluding diaryl/α,β-unsaturated/α-hetero) is 1. The van der Waals surface area contributed by atoms with Gasteiger partial charge >= 0.3 is 5.97 Å². The molecule has 0 amide bonds. The number of pyridine rings is 1. The number of ketones is 1. The summed E-state index contributed by atoms with van der Waals surface area (Å²) in [6.45, 7) is 1.52. The molecule has 0 unspecified atom stereocenters. The van der Waals surface area contributed by atoms with Crippen molar-refractivity contribution >= 4 is 39.3 Å². The maximum Gasteiger partial charge on any atom is 0.357 e. The number of rotatable bonds is 4. The van der Waals surface area contributed by atoms with Gasteiger partial charge in [-0.3, -0.25) is 4.79 Å². The summed E-state index contributed by atoms with van der Waals surface area (Å²) in [4.78, 5) is 27.9. The van der Waals surface area contributed by atoms with E-state index in [0.717, 1.165) is 4.47 Å². The minimum atomic E-state index is -0.903. The molecular formula is C15H11BrClNO3. The van der Waals surface area contributed by atoms with Crippen LogP contribution < -0.4 is 0 Å². The molecule has 0 saturated heterocycles. The van der Waals surface area contributed by atoms with Crippen molar-refractivity contribution in [3.05, 3.63) is 63.3 Å². The van der Waals surface area contributed by atoms with Gasteiger partial charge in [0.2, 0.25) is 5.78 Å². The second-order valence-corrected chi connectivity index (χ2v) is 5.63. The minimum absolute atomic E-state index is 0.0676. The van der Waals surface area contributed by atoms with Gasteiger partial charge in [-0.25, -0.2) is 9.78 Å². The molecule has 1 atom stereocenters. The number of ether oxygens (including phenoxy) is 1. The van der Waals surface area contributed by atoms with E-state index in [2.05, 4.69) is 20.9 Å². The summed E-state index contributed by atoms with van der Waals surface area (Å²) >= 11 is 9.07. The zero-order valence-electron chi connectivity index (χ0n) is 11.0. The molecule has 4 nitrogen and oxygen atoms in total. The van der Waals surface area contributed by atoms with Crippen molar-refractivity contribution in [3.63, 3.8) is 0 Å². The van der Waals surface area contributed by atoms with Crippen LogP contribution in [0.3, 0.4) is 0 Å². The Morgan fingerprint density at radius 1 is 1.24 bits per heavy atom. The molecule has 2 rings (SSSR count). The van der Waals surface area contributed by atoms with Crippen LogP contribution in [0.1, 0.15) is 27.8 Å². The van der Waals surface area contributed by atoms with Crippen LogP contribution in [0.25, 0.3) is 0 Å². The van der Waals surface area contributed by atoms with Gasteiger partial charge in [0.25, 0.3) is 0 Å². The topological polar surface area (TPSA) is 56.3 Å². The van der Waals surface area contributed by atoms with Gasteiger partial charge < -0.3 is 4.74 Å². The van der Waals surface area contributed by atoms with E-state index in [9.17, 15) is 9.59 Å². The molecule has 0 aliphatic heterocycles. The Morgan fingerprint density at radius 3 is 2.52 bits per heavy atom. The molecule has 0 saturated carbocycles. The van der Waals surface area contributed by atoms with Gasteiger partial charge in [0.1, 0.15) is 5.69 Å². The Balaban J connectivity index is 2.07. The first kappa shape index (κ1) is 15.7. The molecule has 2 aromatic rings. The number of esters is 1. The second kappa shape index (κ2) is 6.83. The van der Waals surface area contributed by atoms with Gasteiger partial charge in [0.15, 0.2) is 6.10 Å². The molecular weight excluding hydrogens is 358 g/mol. The van der Waals surface area contributed by atoms with Crippen LogP contribution in [0.2, 0.25) is 5.02 Å². The maximum atomic E-state index is 12.2. The number of carbonyl (C=O) groups excluding carboxylic acids is 2. The quantitative estimate of drug-likeness (QED) is 0.606. The summed E-state index contributed by atoms with van der Waals surface area (Å²) in [5.74, 6) is -0.965. The third-order valence-corrected chi connectivity index (χ3v) is 3.48. The molecule has 1 aromatic carbocycles. The molecule has 108 valence electrons. The fourth-order valence-corrected chi connectivity index (χ4v) is 2.06. The van der Waals surface area contributed by atoms with Crippen molar-refractivity contribution in [2.45, 2.75) is 13.0 Å². The van der Waals surface area contributed by atoms with Gasteiger partial charge in [-0.2, -0.15) is 0 Å². The summed E-state index contributed by atoms with van der Waals surface area (Å²) in [5.41, 5.74) is 0.538. The van der Waals surface area contributed by atoms with Crippen LogP contribution in [-0.4, -0.2) is 22.8 Å². The predicted octanol–water partition coefficient (Wildman–Crippen LogP) is 3.93. The fraction of sp³-hybridized carbons (Fsp3) is 0.133. The first-order chi connectivity index (χ1) is 9.97. The van der Waals surface area contributed by atoms with Crippen LogP contribution in [0, 0.1) is 0 Å². The highest BCUT2D eigenvalue weighted by atomic mass is 79.9. The lowest BCUT2D eigenvalue weighted by Gasteiger charge is -2.12. The Labute approximate surface area is 135 Å². The largest absolute Gasteiger partial charge is 0.450 e. The van der Waals surface area contributed by atoms with E-state index in [1.807, 2.05) is 0 Å². The molecule has 1 heterocycles. The SMILES string of the molecule is C[C@@H](OC(=O)c1cc(Cl)ccn1)C(=O)c1ccc(Br)cc1. The first-order valence-corrected chi connectivity index (χ1v) is 7.27. The molecule has 0 N–H and O–H groups in total. The molecule has 0 spiro atoms. The third-order valence-electron chi connectivity index (χ3n) is 2.71. The van der Waals surface area contributed by atoms with Crippen molar-refractivity contribution in [3.8, 4) is 0 Å². The van der Waals surface area contributed by atoms with Gasteiger partial charge in [-0.15, -0.1) is 0 Å². The molecule has 0 radical (unpaired) electrons. The minimum Gasteiger partial charge on any atom is -0.450 e. The Hall–Kier alpha value is -1.72. The van der Waals surface area contributed by atoms with Gasteiger partial charge in [-0.05, 0) is 31.2 Å². The number of benzene rings is 1. The normalized spacial score (nSPS) is 11.8. The lowest BCUT2D eigenvalue weighted by molar-refractivity contribution is 0.0313. The van der Waals surface area contributed by atoms with Crippen molar-refractivity contribution < 1.29 is 14.3 Å². The second-order valence-electron chi connectivity index (χ2n) is 4.28. The summed E-state index contributed by atoms with van der Waals surface area (Å²) in [6.07, 6.45) is 0.500. The lowest BCUT2D eigenvalue weighted by atomic mass is 10.1. The van der Waals surface area contributed by atoms with Gasteiger partial charge in [-0.1, -0.05) is 39.7 Å². The Kier molecular flexibility index (Phi) is 5.09. The van der Waals surface area contributed by atoms with E-state index >= 15 is 0 Å². The van der Waals surface area contributed by atoms with E-state index in [-0.39, 0.29) is 11.5 Å². The van der Waals surface area contributed by atoms with Gasteiger partial charge in [0, 0.05) is 21.3 Å². The average molecular weight is 369 g/mol. The van der Waals surface area contributed by atoms with E-state index in [0.29, 0.717) is 10.6 Å². The standard InChI is InChI=1S/C15H11BrClNO3/c1-9(14(19)10-2-4-11(16)5-3-10)21-15(20)13-8-12(17)6-7-18-13/h2-9H,1H3/t9-/m1/s1. The Bertz CT molecular complexity index is 673. The molecule has 0 fully saturated rings. The van der Waals surface area contributed by atoms with E-state index in [1.165, 1.54) is 19.2 Å². The number of aromatic nitrogens is 1. The highest BCUT2D eigenvalue weighted by Gasteiger charge is 2.21. The van der Waals surface area contributed by atoms with Crippen LogP contribution in [0.15, 0.2) is 47.1 Å². The molecule has 0 aliphatic rings. The molecule has 0 bridgehead atoms. The number of nitrogens with zero attached hydrogens (tertiary/aromatic N) is 1. The highest BCUT2D eigenvalue weighted by Crippen LogP contribution is 2.14. The third kappa shape index (κ3) is 4.12. The fourth-order valence-electron chi connectivity index (χ4n) is 1.64. The number of carbonyl (C=O) groups is 2. The van der Waals surface area contributed by atoms with E-state index in [4.69, 9.17) is 16.3 Å². The Morgan fingerprint density at radius 2 is 1.90 bits per heavy atom. The molecule has 0 aliphatic carbocycles. The summed E-state index contributed by atoms with van der Waals surface area (Å²) < 4.78 is 5.98.